The van der Waals surface area contributed by atoms with Crippen molar-refractivity contribution < 1.29 is 18.1 Å². The fourth-order valence-corrected chi connectivity index (χ4v) is 4.78. The average molecular weight is 426 g/mol. The minimum Gasteiger partial charge on any atom is -0.491 e. The summed E-state index contributed by atoms with van der Waals surface area (Å²) in [4.78, 5) is 12.3. The second-order valence-electron chi connectivity index (χ2n) is 6.25. The summed E-state index contributed by atoms with van der Waals surface area (Å²) < 4.78 is 32.6. The van der Waals surface area contributed by atoms with Crippen LogP contribution in [0.3, 0.4) is 0 Å². The van der Waals surface area contributed by atoms with Gasteiger partial charge in [-0.25, -0.2) is 8.42 Å². The topological polar surface area (TPSA) is 93.0 Å². The van der Waals surface area contributed by atoms with Gasteiger partial charge in [0.15, 0.2) is 4.90 Å². The summed E-state index contributed by atoms with van der Waals surface area (Å²) in [5, 5.41) is 11.7. The molecule has 0 aliphatic carbocycles. The van der Waals surface area contributed by atoms with Gasteiger partial charge in [-0.1, -0.05) is 35.9 Å². The third-order valence-corrected chi connectivity index (χ3v) is 6.77. The highest BCUT2D eigenvalue weighted by molar-refractivity contribution is 7.89. The Morgan fingerprint density at radius 2 is 1.68 bits per heavy atom. The lowest BCUT2D eigenvalue weighted by molar-refractivity contribution is -0.387. The molecule has 0 radical (unpaired) electrons. The Labute approximate surface area is 168 Å². The summed E-state index contributed by atoms with van der Waals surface area (Å²) in [5.74, 6) is 0.613. The molecule has 150 valence electrons. The van der Waals surface area contributed by atoms with Crippen LogP contribution in [0, 0.1) is 10.1 Å². The molecular formula is C18H20ClN3O5S. The lowest BCUT2D eigenvalue weighted by Gasteiger charge is -2.33. The van der Waals surface area contributed by atoms with Crippen LogP contribution in [0.15, 0.2) is 53.4 Å². The second kappa shape index (κ2) is 8.87. The van der Waals surface area contributed by atoms with E-state index in [-0.39, 0.29) is 18.0 Å². The molecule has 28 heavy (non-hydrogen) atoms. The largest absolute Gasteiger partial charge is 0.491 e. The van der Waals surface area contributed by atoms with E-state index >= 15 is 0 Å². The number of halogens is 1. The standard InChI is InChI=1S/C18H20ClN3O5S/c19-15-5-1-3-7-17(15)27-14-13-20-9-11-21(12-10-20)28(25,26)18-8-4-2-6-16(18)22(23)24/h1-8H,9-14H2. The first-order valence-corrected chi connectivity index (χ1v) is 10.5. The SMILES string of the molecule is O=[N+]([O-])c1ccccc1S(=O)(=O)N1CCN(CCOc2ccccc2Cl)CC1. The molecular weight excluding hydrogens is 406 g/mol. The molecule has 10 heteroatoms. The summed E-state index contributed by atoms with van der Waals surface area (Å²) in [6.45, 7) is 2.63. The lowest BCUT2D eigenvalue weighted by atomic mass is 10.3. The van der Waals surface area contributed by atoms with Crippen LogP contribution < -0.4 is 4.74 Å². The first-order chi connectivity index (χ1) is 13.4. The summed E-state index contributed by atoms with van der Waals surface area (Å²) in [6.07, 6.45) is 0. The minimum atomic E-state index is -3.91. The number of nitro benzene ring substituents is 1. The fourth-order valence-electron chi connectivity index (χ4n) is 3.01. The molecule has 0 atom stereocenters. The number of nitrogens with zero attached hydrogens (tertiary/aromatic N) is 3. The quantitative estimate of drug-likeness (QED) is 0.500. The molecule has 8 nitrogen and oxygen atoms in total. The number of piperazine rings is 1. The average Bonchev–Trinajstić information content (AvgIpc) is 2.70. The van der Waals surface area contributed by atoms with Gasteiger partial charge in [-0.2, -0.15) is 4.31 Å². The van der Waals surface area contributed by atoms with Crippen molar-refractivity contribution in [1.29, 1.82) is 0 Å². The molecule has 2 aromatic carbocycles. The summed E-state index contributed by atoms with van der Waals surface area (Å²) in [7, 11) is -3.91. The van der Waals surface area contributed by atoms with E-state index in [0.717, 1.165) is 0 Å². The molecule has 0 aromatic heterocycles. The van der Waals surface area contributed by atoms with Crippen molar-refractivity contribution in [3.05, 3.63) is 63.7 Å². The normalized spacial score (nSPS) is 16.0. The summed E-state index contributed by atoms with van der Waals surface area (Å²) >= 11 is 6.05. The third kappa shape index (κ3) is 4.61. The monoisotopic (exact) mass is 425 g/mol. The minimum absolute atomic E-state index is 0.264. The Hall–Kier alpha value is -2.20. The molecule has 1 heterocycles. The van der Waals surface area contributed by atoms with E-state index < -0.39 is 20.6 Å². The third-order valence-electron chi connectivity index (χ3n) is 4.51. The molecule has 1 saturated heterocycles. The molecule has 0 saturated carbocycles. The van der Waals surface area contributed by atoms with Gasteiger partial charge in [0.05, 0.1) is 9.95 Å². The zero-order chi connectivity index (χ0) is 20.1. The van der Waals surface area contributed by atoms with E-state index in [1.807, 2.05) is 12.1 Å². The van der Waals surface area contributed by atoms with Crippen LogP contribution in [0.25, 0.3) is 0 Å². The predicted molar refractivity (Wildman–Crippen MR) is 105 cm³/mol. The van der Waals surface area contributed by atoms with Gasteiger partial charge in [0.25, 0.3) is 5.69 Å². The zero-order valence-corrected chi connectivity index (χ0v) is 16.6. The van der Waals surface area contributed by atoms with Crippen molar-refractivity contribution in [3.63, 3.8) is 0 Å². The van der Waals surface area contributed by atoms with Crippen molar-refractivity contribution in [2.45, 2.75) is 4.90 Å². The Kier molecular flexibility index (Phi) is 6.50. The van der Waals surface area contributed by atoms with Crippen molar-refractivity contribution in [2.75, 3.05) is 39.3 Å². The van der Waals surface area contributed by atoms with E-state index in [9.17, 15) is 18.5 Å². The first-order valence-electron chi connectivity index (χ1n) is 8.73. The van der Waals surface area contributed by atoms with Crippen molar-refractivity contribution in [3.8, 4) is 5.75 Å². The van der Waals surface area contributed by atoms with Gasteiger partial charge in [-0.05, 0) is 18.2 Å². The number of sulfonamides is 1. The number of benzene rings is 2. The first kappa shape index (κ1) is 20.5. The molecule has 1 fully saturated rings. The summed E-state index contributed by atoms with van der Waals surface area (Å²) in [5.41, 5.74) is -0.405. The highest BCUT2D eigenvalue weighted by Crippen LogP contribution is 2.27. The van der Waals surface area contributed by atoms with Gasteiger partial charge < -0.3 is 4.74 Å². The number of para-hydroxylation sites is 2. The van der Waals surface area contributed by atoms with Crippen LogP contribution in [0.4, 0.5) is 5.69 Å². The van der Waals surface area contributed by atoms with E-state index in [1.54, 1.807) is 12.1 Å². The molecule has 2 aromatic rings. The predicted octanol–water partition coefficient (Wildman–Crippen LogP) is 2.63. The van der Waals surface area contributed by atoms with Crippen LogP contribution in [-0.2, 0) is 10.0 Å². The van der Waals surface area contributed by atoms with Crippen molar-refractivity contribution in [1.82, 2.24) is 9.21 Å². The van der Waals surface area contributed by atoms with Gasteiger partial charge in [0, 0.05) is 38.8 Å². The molecule has 0 bridgehead atoms. The number of hydrogen-bond acceptors (Lipinski definition) is 6. The molecule has 0 N–H and O–H groups in total. The maximum atomic E-state index is 12.8. The maximum Gasteiger partial charge on any atom is 0.289 e. The maximum absolute atomic E-state index is 12.8. The smallest absolute Gasteiger partial charge is 0.289 e. The number of ether oxygens (including phenoxy) is 1. The Bertz CT molecular complexity index is 946. The molecule has 1 aliphatic heterocycles. The highest BCUT2D eigenvalue weighted by atomic mass is 35.5. The fraction of sp³-hybridized carbons (Fsp3) is 0.333. The van der Waals surface area contributed by atoms with E-state index in [4.69, 9.17) is 16.3 Å². The van der Waals surface area contributed by atoms with Gasteiger partial charge in [0.1, 0.15) is 12.4 Å². The molecule has 0 unspecified atom stereocenters. The number of rotatable bonds is 7. The van der Waals surface area contributed by atoms with E-state index in [0.29, 0.717) is 37.0 Å². The Balaban J connectivity index is 1.56. The lowest BCUT2D eigenvalue weighted by Crippen LogP contribution is -2.49. The second-order valence-corrected chi connectivity index (χ2v) is 8.56. The zero-order valence-electron chi connectivity index (χ0n) is 15.0. The van der Waals surface area contributed by atoms with Gasteiger partial charge in [-0.3, -0.25) is 15.0 Å². The number of nitro groups is 1. The Morgan fingerprint density at radius 1 is 1.04 bits per heavy atom. The van der Waals surface area contributed by atoms with Crippen LogP contribution in [0.1, 0.15) is 0 Å². The molecule has 1 aliphatic rings. The van der Waals surface area contributed by atoms with E-state index in [1.165, 1.54) is 28.6 Å². The van der Waals surface area contributed by atoms with E-state index in [2.05, 4.69) is 4.90 Å². The van der Waals surface area contributed by atoms with Crippen molar-refractivity contribution >= 4 is 27.3 Å². The van der Waals surface area contributed by atoms with Crippen LogP contribution in [-0.4, -0.2) is 61.9 Å². The van der Waals surface area contributed by atoms with Gasteiger partial charge in [0.2, 0.25) is 10.0 Å². The van der Waals surface area contributed by atoms with Gasteiger partial charge in [-0.15, -0.1) is 0 Å². The van der Waals surface area contributed by atoms with Crippen LogP contribution in [0.2, 0.25) is 5.02 Å². The van der Waals surface area contributed by atoms with Gasteiger partial charge >= 0.3 is 0 Å². The molecule has 0 amide bonds. The van der Waals surface area contributed by atoms with Crippen LogP contribution >= 0.6 is 11.6 Å². The van der Waals surface area contributed by atoms with Crippen LogP contribution in [0.5, 0.6) is 5.75 Å². The van der Waals surface area contributed by atoms with Crippen molar-refractivity contribution in [2.24, 2.45) is 0 Å². The highest BCUT2D eigenvalue weighted by Gasteiger charge is 2.33. The number of hydrogen-bond donors (Lipinski definition) is 0. The Morgan fingerprint density at radius 3 is 2.36 bits per heavy atom. The molecule has 3 rings (SSSR count). The molecule has 0 spiro atoms. The summed E-state index contributed by atoms with van der Waals surface area (Å²) in [6, 6.07) is 12.6.